The number of amides is 2. The van der Waals surface area contributed by atoms with E-state index in [2.05, 4.69) is 11.4 Å². The minimum absolute atomic E-state index is 0.0121. The minimum atomic E-state index is -0.0121. The van der Waals surface area contributed by atoms with Crippen LogP contribution in [0.5, 0.6) is 0 Å². The Hall–Kier alpha value is -2.10. The highest BCUT2D eigenvalue weighted by Crippen LogP contribution is 2.20. The zero-order valence-corrected chi connectivity index (χ0v) is 14.6. The van der Waals surface area contributed by atoms with Crippen molar-refractivity contribution < 1.29 is 9.59 Å². The summed E-state index contributed by atoms with van der Waals surface area (Å²) in [4.78, 5) is 25.6. The predicted octanol–water partition coefficient (Wildman–Crippen LogP) is 3.43. The number of benzene rings is 1. The van der Waals surface area contributed by atoms with Crippen molar-refractivity contribution in [1.29, 1.82) is 0 Å². The maximum absolute atomic E-state index is 12.0. The molecule has 0 spiro atoms. The molecule has 0 fully saturated rings. The Morgan fingerprint density at radius 2 is 1.92 bits per heavy atom. The van der Waals surface area contributed by atoms with Gasteiger partial charge in [0.25, 0.3) is 0 Å². The van der Waals surface area contributed by atoms with Gasteiger partial charge >= 0.3 is 0 Å². The van der Waals surface area contributed by atoms with Crippen LogP contribution in [-0.4, -0.2) is 29.8 Å². The van der Waals surface area contributed by atoms with Crippen molar-refractivity contribution in [2.45, 2.75) is 52.0 Å². The maximum Gasteiger partial charge on any atom is 0.222 e. The topological polar surface area (TPSA) is 49.4 Å². The van der Waals surface area contributed by atoms with E-state index in [0.717, 1.165) is 24.8 Å². The molecule has 0 aliphatic heterocycles. The average Bonchev–Trinajstić information content (AvgIpc) is 2.61. The Kier molecular flexibility index (Phi) is 7.53. The normalized spacial score (nSPS) is 14.0. The number of rotatable bonds is 8. The van der Waals surface area contributed by atoms with Gasteiger partial charge in [-0.3, -0.25) is 9.59 Å². The Labute approximate surface area is 144 Å². The molecule has 0 aromatic heterocycles. The highest BCUT2D eigenvalue weighted by Gasteiger charge is 2.12. The average molecular weight is 328 g/mol. The largest absolute Gasteiger partial charge is 0.352 e. The van der Waals surface area contributed by atoms with Crippen molar-refractivity contribution in [2.75, 3.05) is 13.1 Å². The highest BCUT2D eigenvalue weighted by molar-refractivity contribution is 5.78. The molecule has 0 radical (unpaired) electrons. The monoisotopic (exact) mass is 328 g/mol. The minimum Gasteiger partial charge on any atom is -0.352 e. The van der Waals surface area contributed by atoms with Gasteiger partial charge in [-0.25, -0.2) is 0 Å². The Morgan fingerprint density at radius 1 is 1.12 bits per heavy atom. The molecule has 0 saturated carbocycles. The van der Waals surface area contributed by atoms with E-state index in [1.54, 1.807) is 11.8 Å². The Bertz CT molecular complexity index is 566. The van der Waals surface area contributed by atoms with Gasteiger partial charge in [0, 0.05) is 33.0 Å². The second kappa shape index (κ2) is 9.91. The van der Waals surface area contributed by atoms with Crippen molar-refractivity contribution in [2.24, 2.45) is 0 Å². The van der Waals surface area contributed by atoms with Crippen molar-refractivity contribution in [3.63, 3.8) is 0 Å². The van der Waals surface area contributed by atoms with Crippen LogP contribution < -0.4 is 5.32 Å². The summed E-state index contributed by atoms with van der Waals surface area (Å²) in [6.07, 6.45) is 8.46. The van der Waals surface area contributed by atoms with Crippen LogP contribution in [0.3, 0.4) is 0 Å². The fraction of sp³-hybridized carbons (Fsp3) is 0.500. The van der Waals surface area contributed by atoms with Gasteiger partial charge in [0.2, 0.25) is 11.8 Å². The van der Waals surface area contributed by atoms with Crippen LogP contribution in [0.15, 0.2) is 42.0 Å². The predicted molar refractivity (Wildman–Crippen MR) is 96.3 cm³/mol. The molecular weight excluding hydrogens is 300 g/mol. The first kappa shape index (κ1) is 18.2. The number of carbonyl (C=O) groups excluding carboxylic acids is 2. The van der Waals surface area contributed by atoms with Crippen LogP contribution in [0.2, 0.25) is 0 Å². The molecule has 0 atom stereocenters. The van der Waals surface area contributed by atoms with Crippen molar-refractivity contribution >= 4 is 11.8 Å². The van der Waals surface area contributed by atoms with E-state index in [4.69, 9.17) is 0 Å². The lowest BCUT2D eigenvalue weighted by molar-refractivity contribution is -0.129. The van der Waals surface area contributed by atoms with E-state index in [1.807, 2.05) is 30.3 Å². The van der Waals surface area contributed by atoms with E-state index >= 15 is 0 Å². The second-order valence-corrected chi connectivity index (χ2v) is 6.38. The summed E-state index contributed by atoms with van der Waals surface area (Å²) >= 11 is 0. The first-order chi connectivity index (χ1) is 11.6. The lowest BCUT2D eigenvalue weighted by Crippen LogP contribution is -2.34. The first-order valence-corrected chi connectivity index (χ1v) is 8.89. The van der Waals surface area contributed by atoms with Gasteiger partial charge in [0.1, 0.15) is 0 Å². The SMILES string of the molecule is CC(=O)N(CCC(=O)NCc1ccccc1)CCC1=CCCCC1. The summed E-state index contributed by atoms with van der Waals surface area (Å²) in [5.41, 5.74) is 2.54. The molecule has 1 aliphatic carbocycles. The summed E-state index contributed by atoms with van der Waals surface area (Å²) in [6.45, 7) is 3.32. The zero-order valence-electron chi connectivity index (χ0n) is 14.6. The lowest BCUT2D eigenvalue weighted by Gasteiger charge is -2.22. The highest BCUT2D eigenvalue weighted by atomic mass is 16.2. The van der Waals surface area contributed by atoms with E-state index < -0.39 is 0 Å². The first-order valence-electron chi connectivity index (χ1n) is 8.89. The molecule has 2 amide bonds. The van der Waals surface area contributed by atoms with Gasteiger partial charge in [-0.1, -0.05) is 42.0 Å². The summed E-state index contributed by atoms with van der Waals surface area (Å²) in [7, 11) is 0. The number of nitrogens with one attached hydrogen (secondary N) is 1. The number of hydrogen-bond acceptors (Lipinski definition) is 2. The number of hydrogen-bond donors (Lipinski definition) is 1. The molecule has 0 bridgehead atoms. The van der Waals surface area contributed by atoms with E-state index in [-0.39, 0.29) is 11.8 Å². The van der Waals surface area contributed by atoms with Gasteiger partial charge in [0.15, 0.2) is 0 Å². The van der Waals surface area contributed by atoms with Crippen molar-refractivity contribution in [1.82, 2.24) is 10.2 Å². The zero-order chi connectivity index (χ0) is 17.2. The quantitative estimate of drug-likeness (QED) is 0.743. The number of allylic oxidation sites excluding steroid dienone is 1. The second-order valence-electron chi connectivity index (χ2n) is 6.38. The van der Waals surface area contributed by atoms with Crippen LogP contribution in [0.25, 0.3) is 0 Å². The van der Waals surface area contributed by atoms with Gasteiger partial charge < -0.3 is 10.2 Å². The fourth-order valence-corrected chi connectivity index (χ4v) is 2.96. The maximum atomic E-state index is 12.0. The molecule has 1 aromatic rings. The third-order valence-corrected chi connectivity index (χ3v) is 4.47. The van der Waals surface area contributed by atoms with Crippen molar-refractivity contribution in [3.05, 3.63) is 47.5 Å². The van der Waals surface area contributed by atoms with Crippen LogP contribution in [0, 0.1) is 0 Å². The fourth-order valence-electron chi connectivity index (χ4n) is 2.96. The number of nitrogens with zero attached hydrogens (tertiary/aromatic N) is 1. The molecule has 24 heavy (non-hydrogen) atoms. The molecule has 1 aromatic carbocycles. The molecular formula is C20H28N2O2. The molecule has 4 nitrogen and oxygen atoms in total. The number of carbonyl (C=O) groups is 2. The van der Waals surface area contributed by atoms with Crippen LogP contribution in [0.1, 0.15) is 51.0 Å². The summed E-state index contributed by atoms with van der Waals surface area (Å²) < 4.78 is 0. The molecule has 1 N–H and O–H groups in total. The summed E-state index contributed by atoms with van der Waals surface area (Å²) in [5.74, 6) is 0.0317. The van der Waals surface area contributed by atoms with E-state index in [1.165, 1.54) is 18.4 Å². The molecule has 0 saturated heterocycles. The van der Waals surface area contributed by atoms with Crippen LogP contribution >= 0.6 is 0 Å². The molecule has 0 heterocycles. The summed E-state index contributed by atoms with van der Waals surface area (Å²) in [5, 5.41) is 2.91. The van der Waals surface area contributed by atoms with Crippen LogP contribution in [-0.2, 0) is 16.1 Å². The van der Waals surface area contributed by atoms with E-state index in [0.29, 0.717) is 26.1 Å². The third-order valence-electron chi connectivity index (χ3n) is 4.47. The van der Waals surface area contributed by atoms with Gasteiger partial charge in [0.05, 0.1) is 0 Å². The molecule has 0 unspecified atom stereocenters. The Balaban J connectivity index is 1.71. The summed E-state index contributed by atoms with van der Waals surface area (Å²) in [6, 6.07) is 9.84. The van der Waals surface area contributed by atoms with Crippen molar-refractivity contribution in [3.8, 4) is 0 Å². The molecule has 130 valence electrons. The molecule has 1 aliphatic rings. The Morgan fingerprint density at radius 3 is 2.58 bits per heavy atom. The standard InChI is InChI=1S/C20H28N2O2/c1-17(23)22(14-12-18-8-4-2-5-9-18)15-13-20(24)21-16-19-10-6-3-7-11-19/h3,6-8,10-11H,2,4-5,9,12-16H2,1H3,(H,21,24). The lowest BCUT2D eigenvalue weighted by atomic mass is 9.97. The smallest absolute Gasteiger partial charge is 0.222 e. The molecule has 2 rings (SSSR count). The van der Waals surface area contributed by atoms with Gasteiger partial charge in [-0.15, -0.1) is 0 Å². The third kappa shape index (κ3) is 6.57. The van der Waals surface area contributed by atoms with Gasteiger partial charge in [-0.2, -0.15) is 0 Å². The molecule has 4 heteroatoms. The van der Waals surface area contributed by atoms with Crippen LogP contribution in [0.4, 0.5) is 0 Å². The van der Waals surface area contributed by atoms with Gasteiger partial charge in [-0.05, 0) is 37.7 Å². The van der Waals surface area contributed by atoms with E-state index in [9.17, 15) is 9.59 Å².